The van der Waals surface area contributed by atoms with Crippen molar-refractivity contribution in [3.8, 4) is 5.75 Å². The number of benzene rings is 2. The van der Waals surface area contributed by atoms with Crippen LogP contribution in [0, 0.1) is 0 Å². The first-order chi connectivity index (χ1) is 14.4. The minimum absolute atomic E-state index is 0.121. The van der Waals surface area contributed by atoms with Crippen molar-refractivity contribution in [1.82, 2.24) is 9.47 Å². The smallest absolute Gasteiger partial charge is 0.420 e. The molecule has 0 saturated carbocycles. The molecule has 0 radical (unpaired) electrons. The molecule has 1 heterocycles. The van der Waals surface area contributed by atoms with Gasteiger partial charge >= 0.3 is 5.76 Å². The van der Waals surface area contributed by atoms with Gasteiger partial charge in [-0.15, -0.1) is 0 Å². The second kappa shape index (κ2) is 9.49. The van der Waals surface area contributed by atoms with Crippen LogP contribution in [-0.4, -0.2) is 41.0 Å². The lowest BCUT2D eigenvalue weighted by Gasteiger charge is -2.19. The van der Waals surface area contributed by atoms with Crippen molar-refractivity contribution in [3.63, 3.8) is 0 Å². The van der Waals surface area contributed by atoms with Crippen LogP contribution in [0.3, 0.4) is 0 Å². The molecular weight excluding hydrogens is 410 g/mol. The molecule has 0 aliphatic heterocycles. The maximum Gasteiger partial charge on any atom is 0.420 e. The van der Waals surface area contributed by atoms with E-state index < -0.39 is 11.7 Å². The quantitative estimate of drug-likeness (QED) is 0.591. The summed E-state index contributed by atoms with van der Waals surface area (Å²) in [6.07, 6.45) is 0. The van der Waals surface area contributed by atoms with E-state index in [0.717, 1.165) is 0 Å². The fraction of sp³-hybridized carbons (Fsp3) is 0.286. The summed E-state index contributed by atoms with van der Waals surface area (Å²) in [6, 6.07) is 11.6. The molecule has 0 saturated heterocycles. The van der Waals surface area contributed by atoms with E-state index in [1.807, 2.05) is 13.8 Å². The second-order valence-corrected chi connectivity index (χ2v) is 6.88. The topological polar surface area (TPSA) is 93.8 Å². The van der Waals surface area contributed by atoms with Gasteiger partial charge in [-0.2, -0.15) is 0 Å². The van der Waals surface area contributed by atoms with Crippen LogP contribution in [0.15, 0.2) is 51.7 Å². The third-order valence-corrected chi connectivity index (χ3v) is 4.85. The Morgan fingerprint density at radius 2 is 1.90 bits per heavy atom. The number of ether oxygens (including phenoxy) is 1. The van der Waals surface area contributed by atoms with Crippen molar-refractivity contribution in [2.75, 3.05) is 25.0 Å². The number of rotatable bonds is 8. The average molecular weight is 432 g/mol. The van der Waals surface area contributed by atoms with Crippen LogP contribution in [0.2, 0.25) is 5.02 Å². The molecule has 0 spiro atoms. The average Bonchev–Trinajstić information content (AvgIpc) is 3.03. The Bertz CT molecular complexity index is 1120. The van der Waals surface area contributed by atoms with Gasteiger partial charge in [0.05, 0.1) is 10.5 Å². The predicted octanol–water partition coefficient (Wildman–Crippen LogP) is 3.13. The molecule has 0 atom stereocenters. The monoisotopic (exact) mass is 431 g/mol. The van der Waals surface area contributed by atoms with E-state index >= 15 is 0 Å². The molecule has 1 N–H and O–H groups in total. The summed E-state index contributed by atoms with van der Waals surface area (Å²) in [5.74, 6) is -0.811. The van der Waals surface area contributed by atoms with Gasteiger partial charge in [0.15, 0.2) is 12.2 Å². The molecule has 9 heteroatoms. The molecule has 0 aliphatic carbocycles. The Morgan fingerprint density at radius 1 is 1.17 bits per heavy atom. The summed E-state index contributed by atoms with van der Waals surface area (Å²) in [5, 5.41) is 2.94. The van der Waals surface area contributed by atoms with Crippen molar-refractivity contribution >= 4 is 40.2 Å². The Labute approximate surface area is 178 Å². The van der Waals surface area contributed by atoms with Crippen LogP contribution < -0.4 is 15.8 Å². The lowest BCUT2D eigenvalue weighted by Crippen LogP contribution is -2.34. The number of carbonyl (C=O) groups is 2. The van der Waals surface area contributed by atoms with Gasteiger partial charge in [0, 0.05) is 18.8 Å². The zero-order chi connectivity index (χ0) is 21.7. The number of carbonyl (C=O) groups excluding carboxylic acids is 2. The number of amides is 2. The highest BCUT2D eigenvalue weighted by Crippen LogP contribution is 2.27. The molecule has 1 aromatic heterocycles. The minimum Gasteiger partial charge on any atom is -0.482 e. The molecule has 0 fully saturated rings. The number of halogens is 1. The van der Waals surface area contributed by atoms with Crippen molar-refractivity contribution < 1.29 is 18.7 Å². The normalized spacial score (nSPS) is 10.8. The Hall–Kier alpha value is -3.26. The number of hydrogen-bond donors (Lipinski definition) is 1. The van der Waals surface area contributed by atoms with E-state index in [9.17, 15) is 14.4 Å². The summed E-state index contributed by atoms with van der Waals surface area (Å²) in [6.45, 7) is 4.67. The molecular formula is C21H22ClN3O5. The van der Waals surface area contributed by atoms with Crippen molar-refractivity contribution in [1.29, 1.82) is 0 Å². The molecule has 2 amide bonds. The number of hydrogen-bond acceptors (Lipinski definition) is 5. The number of nitrogens with zero attached hydrogens (tertiary/aromatic N) is 2. The second-order valence-electron chi connectivity index (χ2n) is 6.47. The highest BCUT2D eigenvalue weighted by molar-refractivity contribution is 6.32. The highest BCUT2D eigenvalue weighted by Gasteiger charge is 2.14. The van der Waals surface area contributed by atoms with E-state index in [1.54, 1.807) is 41.3 Å². The first kappa shape index (κ1) is 21.4. The molecule has 158 valence electrons. The first-order valence-electron chi connectivity index (χ1n) is 9.51. The first-order valence-corrected chi connectivity index (χ1v) is 9.89. The van der Waals surface area contributed by atoms with Gasteiger partial charge in [0.1, 0.15) is 12.3 Å². The molecule has 8 nitrogen and oxygen atoms in total. The Balaban J connectivity index is 1.64. The summed E-state index contributed by atoms with van der Waals surface area (Å²) < 4.78 is 11.9. The molecule has 3 rings (SSSR count). The predicted molar refractivity (Wildman–Crippen MR) is 114 cm³/mol. The summed E-state index contributed by atoms with van der Waals surface area (Å²) in [4.78, 5) is 38.1. The van der Waals surface area contributed by atoms with Gasteiger partial charge in [0.25, 0.3) is 5.91 Å². The molecule has 0 bridgehead atoms. The number of nitrogens with one attached hydrogen (secondary N) is 1. The van der Waals surface area contributed by atoms with E-state index in [4.69, 9.17) is 20.8 Å². The third-order valence-electron chi connectivity index (χ3n) is 4.56. The van der Waals surface area contributed by atoms with Crippen LogP contribution in [0.4, 0.5) is 5.69 Å². The zero-order valence-corrected chi connectivity index (χ0v) is 17.4. The van der Waals surface area contributed by atoms with E-state index in [1.165, 1.54) is 10.6 Å². The number of oxazole rings is 1. The van der Waals surface area contributed by atoms with Gasteiger partial charge in [0.2, 0.25) is 5.91 Å². The number of fused-ring (bicyclic) bond motifs is 1. The van der Waals surface area contributed by atoms with Gasteiger partial charge in [-0.05, 0) is 44.2 Å². The summed E-state index contributed by atoms with van der Waals surface area (Å²) in [7, 11) is 0. The van der Waals surface area contributed by atoms with E-state index in [2.05, 4.69) is 5.32 Å². The number of para-hydroxylation sites is 2. The fourth-order valence-electron chi connectivity index (χ4n) is 3.01. The molecule has 0 aliphatic rings. The molecule has 0 unspecified atom stereocenters. The van der Waals surface area contributed by atoms with Crippen LogP contribution in [0.1, 0.15) is 13.8 Å². The van der Waals surface area contributed by atoms with Gasteiger partial charge < -0.3 is 19.4 Å². The largest absolute Gasteiger partial charge is 0.482 e. The lowest BCUT2D eigenvalue weighted by molar-refractivity contribution is -0.133. The van der Waals surface area contributed by atoms with Crippen LogP contribution in [0.25, 0.3) is 11.1 Å². The maximum atomic E-state index is 12.4. The van der Waals surface area contributed by atoms with Crippen molar-refractivity contribution in [2.45, 2.75) is 20.4 Å². The van der Waals surface area contributed by atoms with Crippen LogP contribution in [-0.2, 0) is 16.1 Å². The fourth-order valence-corrected chi connectivity index (χ4v) is 3.25. The lowest BCUT2D eigenvalue weighted by atomic mass is 10.3. The maximum absolute atomic E-state index is 12.4. The van der Waals surface area contributed by atoms with Crippen molar-refractivity contribution in [2.24, 2.45) is 0 Å². The third kappa shape index (κ3) is 4.83. The number of likely N-dealkylation sites (N-methyl/N-ethyl adjacent to an activating group) is 1. The SMILES string of the molecule is CCN(CC)C(=O)COc1ccc(NC(=O)Cn2c(=O)oc3ccccc32)cc1Cl. The number of anilines is 1. The summed E-state index contributed by atoms with van der Waals surface area (Å²) >= 11 is 6.22. The molecule has 3 aromatic rings. The zero-order valence-electron chi connectivity index (χ0n) is 16.7. The number of aromatic nitrogens is 1. The standard InChI is InChI=1S/C21H22ClN3O5/c1-3-24(4-2)20(27)13-29-17-10-9-14(11-15(17)22)23-19(26)12-25-16-7-5-6-8-18(16)30-21(25)28/h5-11H,3-4,12-13H2,1-2H3,(H,23,26). The summed E-state index contributed by atoms with van der Waals surface area (Å²) in [5.41, 5.74) is 1.39. The Morgan fingerprint density at radius 3 is 2.60 bits per heavy atom. The van der Waals surface area contributed by atoms with E-state index in [0.29, 0.717) is 35.6 Å². The van der Waals surface area contributed by atoms with Crippen LogP contribution in [0.5, 0.6) is 5.75 Å². The molecule has 2 aromatic carbocycles. The van der Waals surface area contributed by atoms with Crippen molar-refractivity contribution in [3.05, 3.63) is 58.0 Å². The highest BCUT2D eigenvalue weighted by atomic mass is 35.5. The van der Waals surface area contributed by atoms with Gasteiger partial charge in [-0.1, -0.05) is 23.7 Å². The molecule has 30 heavy (non-hydrogen) atoms. The minimum atomic E-state index is -0.606. The van der Waals surface area contributed by atoms with Crippen LogP contribution >= 0.6 is 11.6 Å². The van der Waals surface area contributed by atoms with E-state index in [-0.39, 0.29) is 24.1 Å². The Kier molecular flexibility index (Phi) is 6.79. The van der Waals surface area contributed by atoms with Gasteiger partial charge in [-0.3, -0.25) is 14.2 Å². The van der Waals surface area contributed by atoms with Gasteiger partial charge in [-0.25, -0.2) is 4.79 Å².